The standard InChI is InChI=1S/C22H36/c1-5-6-7-8-9-10-11-19-12-13-20-14-15-22(3,4)17-18(2)21(20)16-19/h12-13,16,18H,5-11,14-15,17H2,1-4H3. The third-order valence-electron chi connectivity index (χ3n) is 5.49. The van der Waals surface area contributed by atoms with Crippen molar-refractivity contribution in [1.82, 2.24) is 0 Å². The molecule has 1 aliphatic carbocycles. The highest BCUT2D eigenvalue weighted by Crippen LogP contribution is 2.40. The topological polar surface area (TPSA) is 0 Å². The fourth-order valence-corrected chi connectivity index (χ4v) is 4.11. The van der Waals surface area contributed by atoms with E-state index >= 15 is 0 Å². The zero-order chi connectivity index (χ0) is 16.0. The van der Waals surface area contributed by atoms with Gasteiger partial charge >= 0.3 is 0 Å². The fourth-order valence-electron chi connectivity index (χ4n) is 4.11. The van der Waals surface area contributed by atoms with Crippen LogP contribution >= 0.6 is 0 Å². The second kappa shape index (κ2) is 8.18. The van der Waals surface area contributed by atoms with Crippen LogP contribution in [-0.4, -0.2) is 0 Å². The molecule has 0 bridgehead atoms. The van der Waals surface area contributed by atoms with Crippen molar-refractivity contribution in [3.05, 3.63) is 34.9 Å². The summed E-state index contributed by atoms with van der Waals surface area (Å²) in [6.07, 6.45) is 13.6. The Labute approximate surface area is 138 Å². The van der Waals surface area contributed by atoms with E-state index in [0.29, 0.717) is 5.41 Å². The Balaban J connectivity index is 1.91. The summed E-state index contributed by atoms with van der Waals surface area (Å²) in [5.74, 6) is 0.719. The van der Waals surface area contributed by atoms with Gasteiger partial charge in [0.05, 0.1) is 0 Å². The van der Waals surface area contributed by atoms with E-state index in [9.17, 15) is 0 Å². The van der Waals surface area contributed by atoms with Crippen molar-refractivity contribution in [1.29, 1.82) is 0 Å². The first-order valence-electron chi connectivity index (χ1n) is 9.63. The maximum atomic E-state index is 2.54. The smallest absolute Gasteiger partial charge is 0.0182 e. The van der Waals surface area contributed by atoms with Crippen LogP contribution < -0.4 is 0 Å². The lowest BCUT2D eigenvalue weighted by atomic mass is 9.81. The molecule has 0 radical (unpaired) electrons. The molecule has 0 fully saturated rings. The van der Waals surface area contributed by atoms with E-state index in [1.165, 1.54) is 64.2 Å². The van der Waals surface area contributed by atoms with E-state index in [1.54, 1.807) is 16.7 Å². The maximum Gasteiger partial charge on any atom is -0.0182 e. The summed E-state index contributed by atoms with van der Waals surface area (Å²) < 4.78 is 0. The van der Waals surface area contributed by atoms with Crippen LogP contribution in [-0.2, 0) is 12.8 Å². The predicted octanol–water partition coefficient (Wildman–Crippen LogP) is 7.06. The molecule has 0 nitrogen and oxygen atoms in total. The largest absolute Gasteiger partial charge is 0.0654 e. The lowest BCUT2D eigenvalue weighted by Gasteiger charge is -2.24. The fraction of sp³-hybridized carbons (Fsp3) is 0.727. The molecule has 1 unspecified atom stereocenters. The van der Waals surface area contributed by atoms with Crippen LogP contribution in [0, 0.1) is 5.41 Å². The van der Waals surface area contributed by atoms with Gasteiger partial charge in [0.2, 0.25) is 0 Å². The Hall–Kier alpha value is -0.780. The van der Waals surface area contributed by atoms with Crippen molar-refractivity contribution < 1.29 is 0 Å². The molecular weight excluding hydrogens is 264 g/mol. The minimum Gasteiger partial charge on any atom is -0.0654 e. The van der Waals surface area contributed by atoms with Gasteiger partial charge in [-0.15, -0.1) is 0 Å². The van der Waals surface area contributed by atoms with Crippen molar-refractivity contribution in [3.63, 3.8) is 0 Å². The third kappa shape index (κ3) is 5.14. The quantitative estimate of drug-likeness (QED) is 0.373. The van der Waals surface area contributed by atoms with Crippen LogP contribution in [0.1, 0.15) is 102 Å². The molecule has 0 N–H and O–H groups in total. The van der Waals surface area contributed by atoms with Gasteiger partial charge in [-0.05, 0) is 60.1 Å². The van der Waals surface area contributed by atoms with Gasteiger partial charge < -0.3 is 0 Å². The van der Waals surface area contributed by atoms with Gasteiger partial charge in [-0.1, -0.05) is 78.0 Å². The van der Waals surface area contributed by atoms with E-state index in [-0.39, 0.29) is 0 Å². The van der Waals surface area contributed by atoms with E-state index in [2.05, 4.69) is 45.9 Å². The number of hydrogen-bond acceptors (Lipinski definition) is 0. The molecule has 0 aliphatic heterocycles. The first kappa shape index (κ1) is 17.6. The molecule has 0 heteroatoms. The van der Waals surface area contributed by atoms with Crippen LogP contribution in [0.2, 0.25) is 0 Å². The lowest BCUT2D eigenvalue weighted by molar-refractivity contribution is 0.298. The third-order valence-corrected chi connectivity index (χ3v) is 5.49. The first-order chi connectivity index (χ1) is 10.5. The number of benzene rings is 1. The molecule has 0 saturated heterocycles. The highest BCUT2D eigenvalue weighted by molar-refractivity contribution is 5.36. The SMILES string of the molecule is CCCCCCCCc1ccc2c(c1)C(C)CC(C)(C)CC2. The molecule has 0 amide bonds. The van der Waals surface area contributed by atoms with E-state index in [1.807, 2.05) is 0 Å². The summed E-state index contributed by atoms with van der Waals surface area (Å²) in [4.78, 5) is 0. The number of aryl methyl sites for hydroxylation is 2. The predicted molar refractivity (Wildman–Crippen MR) is 98.7 cm³/mol. The van der Waals surface area contributed by atoms with Gasteiger partial charge in [-0.3, -0.25) is 0 Å². The Morgan fingerprint density at radius 1 is 1.05 bits per heavy atom. The lowest BCUT2D eigenvalue weighted by Crippen LogP contribution is -2.12. The average molecular weight is 301 g/mol. The van der Waals surface area contributed by atoms with Crippen molar-refractivity contribution in [3.8, 4) is 0 Å². The Kier molecular flexibility index (Phi) is 6.53. The summed E-state index contributed by atoms with van der Waals surface area (Å²) in [6, 6.07) is 7.36. The molecule has 2 rings (SSSR count). The summed E-state index contributed by atoms with van der Waals surface area (Å²) >= 11 is 0. The van der Waals surface area contributed by atoms with Crippen LogP contribution in [0.4, 0.5) is 0 Å². The molecule has 1 aromatic carbocycles. The van der Waals surface area contributed by atoms with Crippen LogP contribution in [0.5, 0.6) is 0 Å². The zero-order valence-corrected chi connectivity index (χ0v) is 15.4. The summed E-state index contributed by atoms with van der Waals surface area (Å²) in [6.45, 7) is 9.59. The Bertz CT molecular complexity index is 455. The van der Waals surface area contributed by atoms with Crippen LogP contribution in [0.25, 0.3) is 0 Å². The van der Waals surface area contributed by atoms with Crippen LogP contribution in [0.3, 0.4) is 0 Å². The van der Waals surface area contributed by atoms with Crippen molar-refractivity contribution in [2.24, 2.45) is 5.41 Å². The normalized spacial score (nSPS) is 20.5. The minimum atomic E-state index is 0.498. The molecule has 0 heterocycles. The molecule has 1 aliphatic rings. The Morgan fingerprint density at radius 2 is 1.77 bits per heavy atom. The number of hydrogen-bond donors (Lipinski definition) is 0. The number of unbranched alkanes of at least 4 members (excludes halogenated alkanes) is 5. The Morgan fingerprint density at radius 3 is 2.55 bits per heavy atom. The first-order valence-corrected chi connectivity index (χ1v) is 9.63. The van der Waals surface area contributed by atoms with Gasteiger partial charge in [0.1, 0.15) is 0 Å². The zero-order valence-electron chi connectivity index (χ0n) is 15.4. The molecule has 0 saturated carbocycles. The second-order valence-electron chi connectivity index (χ2n) is 8.32. The van der Waals surface area contributed by atoms with Gasteiger partial charge in [-0.2, -0.15) is 0 Å². The number of fused-ring (bicyclic) bond motifs is 1. The highest BCUT2D eigenvalue weighted by atomic mass is 14.3. The molecule has 0 aromatic heterocycles. The van der Waals surface area contributed by atoms with Gasteiger partial charge in [0.25, 0.3) is 0 Å². The summed E-state index contributed by atoms with van der Waals surface area (Å²) in [5.41, 5.74) is 5.33. The molecular formula is C22H36. The van der Waals surface area contributed by atoms with Gasteiger partial charge in [-0.25, -0.2) is 0 Å². The molecule has 0 spiro atoms. The molecule has 22 heavy (non-hydrogen) atoms. The van der Waals surface area contributed by atoms with Crippen LogP contribution in [0.15, 0.2) is 18.2 Å². The van der Waals surface area contributed by atoms with Gasteiger partial charge in [0, 0.05) is 0 Å². The van der Waals surface area contributed by atoms with E-state index in [4.69, 9.17) is 0 Å². The van der Waals surface area contributed by atoms with Crippen molar-refractivity contribution >= 4 is 0 Å². The monoisotopic (exact) mass is 300 g/mol. The second-order valence-corrected chi connectivity index (χ2v) is 8.32. The maximum absolute atomic E-state index is 2.54. The van der Waals surface area contributed by atoms with E-state index < -0.39 is 0 Å². The summed E-state index contributed by atoms with van der Waals surface area (Å²) in [7, 11) is 0. The number of rotatable bonds is 7. The van der Waals surface area contributed by atoms with Gasteiger partial charge in [0.15, 0.2) is 0 Å². The average Bonchev–Trinajstić information content (AvgIpc) is 2.59. The molecule has 124 valence electrons. The molecule has 1 atom stereocenters. The van der Waals surface area contributed by atoms with Crippen molar-refractivity contribution in [2.45, 2.75) is 97.8 Å². The minimum absolute atomic E-state index is 0.498. The highest BCUT2D eigenvalue weighted by Gasteiger charge is 2.27. The summed E-state index contributed by atoms with van der Waals surface area (Å²) in [5, 5.41) is 0. The van der Waals surface area contributed by atoms with E-state index in [0.717, 1.165) is 5.92 Å². The van der Waals surface area contributed by atoms with Crippen molar-refractivity contribution in [2.75, 3.05) is 0 Å². The molecule has 1 aromatic rings.